The molecule has 1 aliphatic heterocycles. The minimum Gasteiger partial charge on any atom is -0.460 e. The van der Waals surface area contributed by atoms with Crippen molar-refractivity contribution in [3.8, 4) is 17.2 Å². The van der Waals surface area contributed by atoms with Crippen molar-refractivity contribution in [1.82, 2.24) is 10.2 Å². The van der Waals surface area contributed by atoms with Crippen molar-refractivity contribution in [2.24, 2.45) is 23.7 Å². The number of fused-ring (bicyclic) bond motifs is 3. The number of ether oxygens (including phenoxy) is 1. The summed E-state index contributed by atoms with van der Waals surface area (Å²) in [5.74, 6) is -1.96. The molecular weight excluding hydrogens is 547 g/mol. The van der Waals surface area contributed by atoms with Gasteiger partial charge in [-0.25, -0.2) is 4.39 Å². The minimum atomic E-state index is -0.939. The summed E-state index contributed by atoms with van der Waals surface area (Å²) in [5.41, 5.74) is 2.96. The van der Waals surface area contributed by atoms with E-state index in [-0.39, 0.29) is 36.0 Å². The average molecular weight is 589 g/mol. The number of nitriles is 1. The second-order valence-electron chi connectivity index (χ2n) is 13.5. The van der Waals surface area contributed by atoms with Gasteiger partial charge in [0, 0.05) is 25.2 Å². The van der Waals surface area contributed by atoms with Crippen molar-refractivity contribution in [3.05, 3.63) is 53.3 Å². The van der Waals surface area contributed by atoms with E-state index < -0.39 is 29.3 Å². The number of amides is 2. The Labute approximate surface area is 253 Å². The second kappa shape index (κ2) is 12.1. The van der Waals surface area contributed by atoms with Crippen molar-refractivity contribution in [2.45, 2.75) is 64.5 Å². The predicted octanol–water partition coefficient (Wildman–Crippen LogP) is 4.50. The van der Waals surface area contributed by atoms with Crippen LogP contribution in [0.25, 0.3) is 11.1 Å². The second-order valence-corrected chi connectivity index (χ2v) is 13.5. The molecule has 2 amide bonds. The SMILES string of the molecule is CN(C)CCN1C(=O)Cc2cc(-c3ccc(C[C@@H](C#N)NC(=O)[C@H]4C(C(=O)OC(C)(C)C)[C@@H]5CC[C@H]4C5)c(F)c3)ccc21. The van der Waals surface area contributed by atoms with Gasteiger partial charge in [0.05, 0.1) is 24.3 Å². The van der Waals surface area contributed by atoms with E-state index in [9.17, 15) is 19.6 Å². The molecule has 1 N–H and O–H groups in total. The average Bonchev–Trinajstić information content (AvgIpc) is 3.63. The van der Waals surface area contributed by atoms with Crippen LogP contribution in [-0.2, 0) is 32.0 Å². The molecular formula is C34H41FN4O4. The van der Waals surface area contributed by atoms with Crippen molar-refractivity contribution < 1.29 is 23.5 Å². The molecule has 5 rings (SSSR count). The molecule has 0 aromatic heterocycles. The lowest BCUT2D eigenvalue weighted by atomic mass is 9.78. The molecule has 2 aliphatic carbocycles. The number of esters is 1. The first-order valence-corrected chi connectivity index (χ1v) is 15.1. The fraction of sp³-hybridized carbons (Fsp3) is 0.529. The van der Waals surface area contributed by atoms with Crippen molar-refractivity contribution in [2.75, 3.05) is 32.1 Å². The van der Waals surface area contributed by atoms with Gasteiger partial charge in [-0.15, -0.1) is 0 Å². The molecule has 1 unspecified atom stereocenters. The molecule has 0 spiro atoms. The van der Waals surface area contributed by atoms with Crippen molar-refractivity contribution >= 4 is 23.5 Å². The lowest BCUT2D eigenvalue weighted by molar-refractivity contribution is -0.166. The van der Waals surface area contributed by atoms with E-state index in [1.807, 2.05) is 58.0 Å². The number of benzene rings is 2. The van der Waals surface area contributed by atoms with Crippen LogP contribution in [0.15, 0.2) is 36.4 Å². The molecule has 8 nitrogen and oxygen atoms in total. The molecule has 0 saturated heterocycles. The number of carbonyl (C=O) groups excluding carboxylic acids is 3. The van der Waals surface area contributed by atoms with Gasteiger partial charge in [-0.05, 0) is 106 Å². The quantitative estimate of drug-likeness (QED) is 0.433. The number of likely N-dealkylation sites (N-methyl/N-ethyl adjacent to an activating group) is 1. The third kappa shape index (κ3) is 6.59. The van der Waals surface area contributed by atoms with E-state index in [4.69, 9.17) is 4.74 Å². The number of halogens is 1. The van der Waals surface area contributed by atoms with Gasteiger partial charge in [-0.2, -0.15) is 5.26 Å². The van der Waals surface area contributed by atoms with E-state index in [0.29, 0.717) is 24.1 Å². The van der Waals surface area contributed by atoms with Gasteiger partial charge in [0.15, 0.2) is 0 Å². The highest BCUT2D eigenvalue weighted by Gasteiger charge is 2.55. The van der Waals surface area contributed by atoms with Gasteiger partial charge >= 0.3 is 5.97 Å². The highest BCUT2D eigenvalue weighted by atomic mass is 19.1. The Balaban J connectivity index is 1.26. The third-order valence-corrected chi connectivity index (χ3v) is 8.96. The van der Waals surface area contributed by atoms with Crippen LogP contribution in [0.2, 0.25) is 0 Å². The van der Waals surface area contributed by atoms with Crippen LogP contribution in [0.5, 0.6) is 0 Å². The van der Waals surface area contributed by atoms with Gasteiger partial charge in [0.1, 0.15) is 17.5 Å². The Morgan fingerprint density at radius 1 is 1.12 bits per heavy atom. The van der Waals surface area contributed by atoms with Gasteiger partial charge in [-0.3, -0.25) is 14.4 Å². The lowest BCUT2D eigenvalue weighted by Crippen LogP contribution is -2.46. The van der Waals surface area contributed by atoms with Gasteiger partial charge in [-0.1, -0.05) is 18.2 Å². The lowest BCUT2D eigenvalue weighted by Gasteiger charge is -2.31. The number of hydrogen-bond donors (Lipinski definition) is 1. The maximum atomic E-state index is 15.3. The summed E-state index contributed by atoms with van der Waals surface area (Å²) < 4.78 is 21.0. The van der Waals surface area contributed by atoms with E-state index in [1.165, 1.54) is 6.07 Å². The number of hydrogen-bond acceptors (Lipinski definition) is 6. The summed E-state index contributed by atoms with van der Waals surface area (Å²) in [6.45, 7) is 6.80. The summed E-state index contributed by atoms with van der Waals surface area (Å²) in [4.78, 5) is 42.9. The molecule has 0 radical (unpaired) electrons. The van der Waals surface area contributed by atoms with E-state index >= 15 is 4.39 Å². The van der Waals surface area contributed by atoms with Gasteiger partial charge in [0.2, 0.25) is 11.8 Å². The zero-order valence-corrected chi connectivity index (χ0v) is 25.7. The maximum Gasteiger partial charge on any atom is 0.310 e. The molecule has 228 valence electrons. The van der Waals surface area contributed by atoms with Gasteiger partial charge in [0.25, 0.3) is 0 Å². The van der Waals surface area contributed by atoms with Crippen molar-refractivity contribution in [1.29, 1.82) is 5.26 Å². The fourth-order valence-corrected chi connectivity index (χ4v) is 6.99. The monoisotopic (exact) mass is 588 g/mol. The molecule has 2 bridgehead atoms. The summed E-state index contributed by atoms with van der Waals surface area (Å²) in [6, 6.07) is 11.8. The Bertz CT molecular complexity index is 1460. The van der Waals surface area contributed by atoms with E-state index in [1.54, 1.807) is 17.0 Å². The van der Waals surface area contributed by atoms with Gasteiger partial charge < -0.3 is 19.9 Å². The summed E-state index contributed by atoms with van der Waals surface area (Å²) >= 11 is 0. The molecule has 43 heavy (non-hydrogen) atoms. The fourth-order valence-electron chi connectivity index (χ4n) is 6.99. The summed E-state index contributed by atoms with van der Waals surface area (Å²) in [5, 5.41) is 12.7. The van der Waals surface area contributed by atoms with Crippen LogP contribution in [0.4, 0.5) is 10.1 Å². The largest absolute Gasteiger partial charge is 0.460 e. The Morgan fingerprint density at radius 3 is 2.44 bits per heavy atom. The first kappa shape index (κ1) is 30.7. The highest BCUT2D eigenvalue weighted by Crippen LogP contribution is 2.53. The first-order chi connectivity index (χ1) is 20.3. The number of nitrogens with zero attached hydrogens (tertiary/aromatic N) is 3. The summed E-state index contributed by atoms with van der Waals surface area (Å²) in [7, 11) is 3.94. The molecule has 2 aromatic rings. The Hall–Kier alpha value is -3.77. The van der Waals surface area contributed by atoms with Crippen LogP contribution in [0.1, 0.15) is 51.2 Å². The standard InChI is InChI=1S/C34H41FN4O4/c1-34(2,3)43-33(42)31-24-9-8-23(15-24)30(31)32(41)37-26(19-36)16-22-7-6-21(17-27(22)35)20-10-11-28-25(14-20)18-29(40)39(28)13-12-38(4)5/h6-7,10-11,14,17,23-24,26,30-31H,8-9,12-13,15-16,18H2,1-5H3,(H,37,41)/t23-,24+,26-,30+,31?/m0/s1. The molecule has 1 heterocycles. The van der Waals surface area contributed by atoms with Crippen molar-refractivity contribution in [3.63, 3.8) is 0 Å². The van der Waals surface area contributed by atoms with Crippen LogP contribution < -0.4 is 10.2 Å². The zero-order valence-electron chi connectivity index (χ0n) is 25.7. The Morgan fingerprint density at radius 2 is 1.79 bits per heavy atom. The van der Waals surface area contributed by atoms with E-state index in [2.05, 4.69) is 11.4 Å². The molecule has 9 heteroatoms. The molecule has 2 saturated carbocycles. The maximum absolute atomic E-state index is 15.3. The normalized spacial score (nSPS) is 23.3. The number of anilines is 1. The Kier molecular flexibility index (Phi) is 8.62. The zero-order chi connectivity index (χ0) is 31.1. The number of carbonyl (C=O) groups is 3. The molecule has 2 aromatic carbocycles. The smallest absolute Gasteiger partial charge is 0.310 e. The van der Waals surface area contributed by atoms with Crippen LogP contribution >= 0.6 is 0 Å². The topological polar surface area (TPSA) is 103 Å². The molecule has 3 aliphatic rings. The molecule has 5 atom stereocenters. The molecule has 2 fully saturated rings. The third-order valence-electron chi connectivity index (χ3n) is 8.96. The van der Waals surface area contributed by atoms with E-state index in [0.717, 1.165) is 42.6 Å². The first-order valence-electron chi connectivity index (χ1n) is 15.1. The predicted molar refractivity (Wildman–Crippen MR) is 161 cm³/mol. The van der Waals surface area contributed by atoms with Crippen LogP contribution in [-0.4, -0.2) is 61.5 Å². The summed E-state index contributed by atoms with van der Waals surface area (Å²) in [6.07, 6.45) is 2.90. The highest BCUT2D eigenvalue weighted by molar-refractivity contribution is 6.02. The minimum absolute atomic E-state index is 0.00575. The number of rotatable bonds is 9. The van der Waals surface area contributed by atoms with Crippen LogP contribution in [0.3, 0.4) is 0 Å². The van der Waals surface area contributed by atoms with Crippen LogP contribution in [0, 0.1) is 40.8 Å². The number of nitrogens with one attached hydrogen (secondary N) is 1.